The van der Waals surface area contributed by atoms with Gasteiger partial charge < -0.3 is 15.8 Å². The Bertz CT molecular complexity index is 386. The highest BCUT2D eigenvalue weighted by Crippen LogP contribution is 2.29. The molecule has 1 aromatic rings. The van der Waals surface area contributed by atoms with Crippen LogP contribution in [0.4, 0.5) is 11.4 Å². The minimum absolute atomic E-state index is 0.497. The molecule has 1 unspecified atom stereocenters. The Morgan fingerprint density at radius 3 is 2.61 bits per heavy atom. The fraction of sp³-hybridized carbons (Fsp3) is 0.600. The molecule has 1 fully saturated rings. The number of rotatable bonds is 4. The molecular formula is C15H24N2O. The zero-order valence-electron chi connectivity index (χ0n) is 11.4. The summed E-state index contributed by atoms with van der Waals surface area (Å²) in [5.41, 5.74) is 7.67. The van der Waals surface area contributed by atoms with Crippen LogP contribution in [-0.4, -0.2) is 13.2 Å². The first-order chi connectivity index (χ1) is 8.69. The van der Waals surface area contributed by atoms with Gasteiger partial charge >= 0.3 is 0 Å². The van der Waals surface area contributed by atoms with Gasteiger partial charge in [0.15, 0.2) is 0 Å². The number of hydrogen-bond acceptors (Lipinski definition) is 3. The van der Waals surface area contributed by atoms with E-state index in [4.69, 9.17) is 10.5 Å². The predicted octanol–water partition coefficient (Wildman–Crippen LogP) is 3.66. The summed E-state index contributed by atoms with van der Waals surface area (Å²) >= 11 is 0. The lowest BCUT2D eigenvalue weighted by Gasteiger charge is -2.29. The van der Waals surface area contributed by atoms with Crippen molar-refractivity contribution in [2.24, 2.45) is 5.92 Å². The number of nitrogen functional groups attached to an aromatic ring is 1. The van der Waals surface area contributed by atoms with E-state index in [-0.39, 0.29) is 0 Å². The van der Waals surface area contributed by atoms with Gasteiger partial charge in [-0.3, -0.25) is 0 Å². The van der Waals surface area contributed by atoms with Crippen LogP contribution in [0, 0.1) is 5.92 Å². The first-order valence-corrected chi connectivity index (χ1v) is 6.90. The van der Waals surface area contributed by atoms with Gasteiger partial charge in [-0.25, -0.2) is 0 Å². The summed E-state index contributed by atoms with van der Waals surface area (Å²) in [7, 11) is 1.67. The summed E-state index contributed by atoms with van der Waals surface area (Å²) in [6.45, 7) is 2.27. The topological polar surface area (TPSA) is 47.3 Å². The number of hydrogen-bond donors (Lipinski definition) is 2. The molecule has 0 radical (unpaired) electrons. The van der Waals surface area contributed by atoms with Crippen LogP contribution >= 0.6 is 0 Å². The third-order valence-corrected chi connectivity index (χ3v) is 3.92. The summed E-state index contributed by atoms with van der Waals surface area (Å²) in [4.78, 5) is 0. The molecule has 0 bridgehead atoms. The minimum Gasteiger partial charge on any atom is -0.497 e. The van der Waals surface area contributed by atoms with Gasteiger partial charge in [0.2, 0.25) is 0 Å². The van der Waals surface area contributed by atoms with Gasteiger partial charge in [0.1, 0.15) is 5.75 Å². The fourth-order valence-corrected chi connectivity index (χ4v) is 2.84. The second-order valence-electron chi connectivity index (χ2n) is 5.33. The monoisotopic (exact) mass is 248 g/mol. The molecule has 0 amide bonds. The average Bonchev–Trinajstić information content (AvgIpc) is 2.39. The van der Waals surface area contributed by atoms with E-state index >= 15 is 0 Å². The van der Waals surface area contributed by atoms with E-state index < -0.39 is 0 Å². The number of ether oxygens (including phenoxy) is 1. The molecule has 0 spiro atoms. The molecule has 3 nitrogen and oxygen atoms in total. The van der Waals surface area contributed by atoms with Crippen LogP contribution in [-0.2, 0) is 0 Å². The molecule has 3 N–H and O–H groups in total. The number of nitrogens with one attached hydrogen (secondary N) is 1. The molecule has 18 heavy (non-hydrogen) atoms. The minimum atomic E-state index is 0.497. The number of benzene rings is 1. The standard InChI is InChI=1S/C15H24N2O/c1-11(12-6-4-3-5-7-12)17-14-8-13(16)9-15(10-14)18-2/h8-12,17H,3-7,16H2,1-2H3. The maximum atomic E-state index is 5.87. The van der Waals surface area contributed by atoms with Gasteiger partial charge in [-0.1, -0.05) is 19.3 Å². The van der Waals surface area contributed by atoms with Crippen LogP contribution in [0.15, 0.2) is 18.2 Å². The van der Waals surface area contributed by atoms with Gasteiger partial charge in [0, 0.05) is 29.5 Å². The summed E-state index contributed by atoms with van der Waals surface area (Å²) < 4.78 is 5.24. The van der Waals surface area contributed by atoms with Crippen molar-refractivity contribution in [3.05, 3.63) is 18.2 Å². The lowest BCUT2D eigenvalue weighted by molar-refractivity contribution is 0.328. The van der Waals surface area contributed by atoms with Crippen molar-refractivity contribution >= 4 is 11.4 Å². The molecule has 100 valence electrons. The van der Waals surface area contributed by atoms with E-state index in [1.54, 1.807) is 7.11 Å². The van der Waals surface area contributed by atoms with Crippen LogP contribution in [0.1, 0.15) is 39.0 Å². The molecular weight excluding hydrogens is 224 g/mol. The van der Waals surface area contributed by atoms with Crippen LogP contribution < -0.4 is 15.8 Å². The number of methoxy groups -OCH3 is 1. The Balaban J connectivity index is 2.01. The van der Waals surface area contributed by atoms with Crippen LogP contribution in [0.3, 0.4) is 0 Å². The molecule has 0 aromatic heterocycles. The lowest BCUT2D eigenvalue weighted by atomic mass is 9.84. The van der Waals surface area contributed by atoms with Gasteiger partial charge in [0.05, 0.1) is 7.11 Å². The van der Waals surface area contributed by atoms with Crippen molar-refractivity contribution in [2.75, 3.05) is 18.2 Å². The maximum absolute atomic E-state index is 5.87. The Hall–Kier alpha value is -1.38. The first kappa shape index (κ1) is 13.1. The highest BCUT2D eigenvalue weighted by atomic mass is 16.5. The van der Waals surface area contributed by atoms with Gasteiger partial charge in [-0.15, -0.1) is 0 Å². The zero-order chi connectivity index (χ0) is 13.0. The fourth-order valence-electron chi connectivity index (χ4n) is 2.84. The van der Waals surface area contributed by atoms with Crippen molar-refractivity contribution in [2.45, 2.75) is 45.1 Å². The highest BCUT2D eigenvalue weighted by Gasteiger charge is 2.19. The van der Waals surface area contributed by atoms with Crippen LogP contribution in [0.25, 0.3) is 0 Å². The van der Waals surface area contributed by atoms with Crippen molar-refractivity contribution in [1.29, 1.82) is 0 Å². The SMILES string of the molecule is COc1cc(N)cc(NC(C)C2CCCCC2)c1. The summed E-state index contributed by atoms with van der Waals surface area (Å²) in [5.74, 6) is 1.60. The molecule has 0 saturated heterocycles. The van der Waals surface area contributed by atoms with Crippen molar-refractivity contribution < 1.29 is 4.74 Å². The molecule has 2 rings (SSSR count). The van der Waals surface area contributed by atoms with E-state index in [0.29, 0.717) is 6.04 Å². The Morgan fingerprint density at radius 2 is 1.94 bits per heavy atom. The molecule has 1 atom stereocenters. The highest BCUT2D eigenvalue weighted by molar-refractivity contribution is 5.59. The second-order valence-corrected chi connectivity index (χ2v) is 5.33. The smallest absolute Gasteiger partial charge is 0.122 e. The molecule has 3 heteroatoms. The lowest BCUT2D eigenvalue weighted by Crippen LogP contribution is -2.27. The summed E-state index contributed by atoms with van der Waals surface area (Å²) in [5, 5.41) is 3.57. The third kappa shape index (κ3) is 3.31. The molecule has 1 saturated carbocycles. The molecule has 0 heterocycles. The molecule has 1 aliphatic carbocycles. The van der Waals surface area contributed by atoms with Crippen molar-refractivity contribution in [3.8, 4) is 5.75 Å². The predicted molar refractivity (Wildman–Crippen MR) is 77.1 cm³/mol. The van der Waals surface area contributed by atoms with Crippen molar-refractivity contribution in [1.82, 2.24) is 0 Å². The average molecular weight is 248 g/mol. The second kappa shape index (κ2) is 5.98. The summed E-state index contributed by atoms with van der Waals surface area (Å²) in [6.07, 6.45) is 6.82. The largest absolute Gasteiger partial charge is 0.497 e. The zero-order valence-corrected chi connectivity index (χ0v) is 11.4. The Kier molecular flexibility index (Phi) is 4.34. The number of nitrogens with two attached hydrogens (primary N) is 1. The quantitative estimate of drug-likeness (QED) is 0.799. The van der Waals surface area contributed by atoms with Crippen molar-refractivity contribution in [3.63, 3.8) is 0 Å². The molecule has 0 aliphatic heterocycles. The molecule has 1 aromatic carbocycles. The van der Waals surface area contributed by atoms with E-state index in [1.807, 2.05) is 18.2 Å². The first-order valence-electron chi connectivity index (χ1n) is 6.90. The Morgan fingerprint density at radius 1 is 1.22 bits per heavy atom. The van der Waals surface area contributed by atoms with E-state index in [0.717, 1.165) is 23.0 Å². The van der Waals surface area contributed by atoms with Gasteiger partial charge in [0.25, 0.3) is 0 Å². The van der Waals surface area contributed by atoms with E-state index in [9.17, 15) is 0 Å². The van der Waals surface area contributed by atoms with E-state index in [1.165, 1.54) is 32.1 Å². The van der Waals surface area contributed by atoms with Crippen LogP contribution in [0.5, 0.6) is 5.75 Å². The summed E-state index contributed by atoms with van der Waals surface area (Å²) in [6, 6.07) is 6.32. The van der Waals surface area contributed by atoms with E-state index in [2.05, 4.69) is 12.2 Å². The Labute approximate surface area is 110 Å². The molecule has 1 aliphatic rings. The maximum Gasteiger partial charge on any atom is 0.122 e. The number of anilines is 2. The van der Waals surface area contributed by atoms with Gasteiger partial charge in [-0.2, -0.15) is 0 Å². The van der Waals surface area contributed by atoms with Crippen LogP contribution in [0.2, 0.25) is 0 Å². The van der Waals surface area contributed by atoms with Gasteiger partial charge in [-0.05, 0) is 31.7 Å². The third-order valence-electron chi connectivity index (χ3n) is 3.92. The normalized spacial score (nSPS) is 18.3.